The van der Waals surface area contributed by atoms with Crippen LogP contribution in [0.15, 0.2) is 0 Å². The Kier molecular flexibility index (Phi) is 3.93. The summed E-state index contributed by atoms with van der Waals surface area (Å²) >= 11 is 0. The van der Waals surface area contributed by atoms with Crippen LogP contribution < -0.4 is 0 Å². The Balaban J connectivity index is 2.40. The van der Waals surface area contributed by atoms with E-state index >= 15 is 0 Å². The molecule has 0 radical (unpaired) electrons. The van der Waals surface area contributed by atoms with Gasteiger partial charge in [0.05, 0.1) is 5.60 Å². The van der Waals surface area contributed by atoms with E-state index in [2.05, 4.69) is 23.8 Å². The van der Waals surface area contributed by atoms with Gasteiger partial charge < -0.3 is 10.0 Å². The minimum Gasteiger partial charge on any atom is -0.389 e. The second-order valence-electron chi connectivity index (χ2n) is 4.92. The normalized spacial score (nSPS) is 30.2. The second-order valence-corrected chi connectivity index (χ2v) is 4.92. The van der Waals surface area contributed by atoms with Crippen molar-refractivity contribution >= 4 is 0 Å². The molecule has 1 N–H and O–H groups in total. The van der Waals surface area contributed by atoms with E-state index in [1.165, 1.54) is 0 Å². The smallest absolute Gasteiger partial charge is 0.0743 e. The van der Waals surface area contributed by atoms with Crippen LogP contribution >= 0.6 is 0 Å². The van der Waals surface area contributed by atoms with E-state index in [0.717, 1.165) is 32.6 Å². The SMILES string of the molecule is CCC(C)(O)CN1CCN(C)C(C)C1. The molecule has 2 atom stereocenters. The van der Waals surface area contributed by atoms with Gasteiger partial charge in [-0.3, -0.25) is 4.90 Å². The minimum absolute atomic E-state index is 0.518. The Morgan fingerprint density at radius 1 is 1.43 bits per heavy atom. The molecule has 0 aliphatic carbocycles. The largest absolute Gasteiger partial charge is 0.389 e. The number of rotatable bonds is 3. The van der Waals surface area contributed by atoms with Crippen LogP contribution in [0.5, 0.6) is 0 Å². The molecule has 0 bridgehead atoms. The lowest BCUT2D eigenvalue weighted by molar-refractivity contribution is -0.00550. The molecule has 0 amide bonds. The molecule has 0 aromatic carbocycles. The predicted octanol–water partition coefficient (Wildman–Crippen LogP) is 0.783. The Labute approximate surface area is 87.7 Å². The van der Waals surface area contributed by atoms with Crippen LogP contribution in [-0.2, 0) is 0 Å². The van der Waals surface area contributed by atoms with Crippen LogP contribution in [0.4, 0.5) is 0 Å². The number of β-amino-alcohol motifs (C(OH)–C–C–N with tert-alkyl or cyclic N) is 1. The fraction of sp³-hybridized carbons (Fsp3) is 1.00. The predicted molar refractivity (Wildman–Crippen MR) is 59.4 cm³/mol. The van der Waals surface area contributed by atoms with E-state index in [1.54, 1.807) is 0 Å². The third-order valence-corrected chi connectivity index (χ3v) is 3.37. The van der Waals surface area contributed by atoms with Gasteiger partial charge in [-0.05, 0) is 27.3 Å². The molecular weight excluding hydrogens is 176 g/mol. The summed E-state index contributed by atoms with van der Waals surface area (Å²) in [6.07, 6.45) is 0.827. The number of aliphatic hydroxyl groups is 1. The van der Waals surface area contributed by atoms with E-state index in [0.29, 0.717) is 6.04 Å². The summed E-state index contributed by atoms with van der Waals surface area (Å²) in [6, 6.07) is 0.608. The van der Waals surface area contributed by atoms with Crippen molar-refractivity contribution in [3.05, 3.63) is 0 Å². The van der Waals surface area contributed by atoms with Crippen LogP contribution in [0.25, 0.3) is 0 Å². The summed E-state index contributed by atoms with van der Waals surface area (Å²) in [5, 5.41) is 9.97. The van der Waals surface area contributed by atoms with Crippen LogP contribution in [0.3, 0.4) is 0 Å². The molecule has 1 aliphatic heterocycles. The lowest BCUT2D eigenvalue weighted by atomic mass is 10.0. The summed E-state index contributed by atoms with van der Waals surface area (Å²) in [7, 11) is 2.17. The van der Waals surface area contributed by atoms with Crippen molar-refractivity contribution < 1.29 is 5.11 Å². The average Bonchev–Trinajstić information content (AvgIpc) is 2.11. The first kappa shape index (κ1) is 12.0. The monoisotopic (exact) mass is 200 g/mol. The molecule has 84 valence electrons. The summed E-state index contributed by atoms with van der Waals surface area (Å²) < 4.78 is 0. The van der Waals surface area contributed by atoms with Gasteiger partial charge in [-0.1, -0.05) is 6.92 Å². The molecule has 1 fully saturated rings. The van der Waals surface area contributed by atoms with Crippen molar-refractivity contribution in [2.24, 2.45) is 0 Å². The van der Waals surface area contributed by atoms with Crippen molar-refractivity contribution in [3.63, 3.8) is 0 Å². The molecule has 1 rings (SSSR count). The molecule has 0 spiro atoms. The average molecular weight is 200 g/mol. The van der Waals surface area contributed by atoms with E-state index in [4.69, 9.17) is 0 Å². The van der Waals surface area contributed by atoms with Crippen molar-refractivity contribution in [2.75, 3.05) is 33.2 Å². The van der Waals surface area contributed by atoms with Gasteiger partial charge in [-0.2, -0.15) is 0 Å². The van der Waals surface area contributed by atoms with Crippen LogP contribution in [-0.4, -0.2) is 59.8 Å². The van der Waals surface area contributed by atoms with Crippen LogP contribution in [0.2, 0.25) is 0 Å². The number of likely N-dealkylation sites (N-methyl/N-ethyl adjacent to an activating group) is 1. The highest BCUT2D eigenvalue weighted by atomic mass is 16.3. The number of hydrogen-bond acceptors (Lipinski definition) is 3. The number of piperazine rings is 1. The van der Waals surface area contributed by atoms with Crippen molar-refractivity contribution in [1.82, 2.24) is 9.80 Å². The summed E-state index contributed by atoms with van der Waals surface area (Å²) in [5.41, 5.74) is -0.518. The molecule has 2 unspecified atom stereocenters. The van der Waals surface area contributed by atoms with E-state index in [-0.39, 0.29) is 0 Å². The van der Waals surface area contributed by atoms with Gasteiger partial charge in [0.25, 0.3) is 0 Å². The quantitative estimate of drug-likeness (QED) is 0.729. The first-order chi connectivity index (χ1) is 6.44. The first-order valence-electron chi connectivity index (χ1n) is 5.59. The van der Waals surface area contributed by atoms with Crippen molar-refractivity contribution in [1.29, 1.82) is 0 Å². The zero-order valence-corrected chi connectivity index (χ0v) is 9.95. The number of hydrogen-bond donors (Lipinski definition) is 1. The highest BCUT2D eigenvalue weighted by molar-refractivity contribution is 4.82. The van der Waals surface area contributed by atoms with Gasteiger partial charge in [-0.25, -0.2) is 0 Å². The van der Waals surface area contributed by atoms with Gasteiger partial charge in [0.15, 0.2) is 0 Å². The molecule has 3 nitrogen and oxygen atoms in total. The molecule has 1 aliphatic rings. The van der Waals surface area contributed by atoms with Crippen molar-refractivity contribution in [3.8, 4) is 0 Å². The van der Waals surface area contributed by atoms with Gasteiger partial charge in [0.1, 0.15) is 0 Å². The molecular formula is C11H24N2O. The first-order valence-corrected chi connectivity index (χ1v) is 5.59. The maximum atomic E-state index is 9.97. The molecule has 0 saturated carbocycles. The molecule has 0 aromatic rings. The van der Waals surface area contributed by atoms with Gasteiger partial charge >= 0.3 is 0 Å². The van der Waals surface area contributed by atoms with E-state index in [9.17, 15) is 5.11 Å². The van der Waals surface area contributed by atoms with Gasteiger partial charge in [0, 0.05) is 32.2 Å². The Bertz CT molecular complexity index is 182. The zero-order valence-electron chi connectivity index (χ0n) is 9.95. The van der Waals surface area contributed by atoms with Gasteiger partial charge in [-0.15, -0.1) is 0 Å². The maximum Gasteiger partial charge on any atom is 0.0743 e. The minimum atomic E-state index is -0.518. The summed E-state index contributed by atoms with van der Waals surface area (Å²) in [5.74, 6) is 0. The summed E-state index contributed by atoms with van der Waals surface area (Å²) in [4.78, 5) is 4.74. The maximum absolute atomic E-state index is 9.97. The standard InChI is InChI=1S/C11H24N2O/c1-5-11(3,14)9-13-7-6-12(4)10(2)8-13/h10,14H,5-9H2,1-4H3. The Morgan fingerprint density at radius 2 is 2.07 bits per heavy atom. The Morgan fingerprint density at radius 3 is 2.57 bits per heavy atom. The third kappa shape index (κ3) is 3.23. The highest BCUT2D eigenvalue weighted by Crippen LogP contribution is 2.14. The highest BCUT2D eigenvalue weighted by Gasteiger charge is 2.26. The third-order valence-electron chi connectivity index (χ3n) is 3.37. The fourth-order valence-electron chi connectivity index (χ4n) is 1.86. The molecule has 3 heteroatoms. The Hall–Kier alpha value is -0.120. The molecule has 14 heavy (non-hydrogen) atoms. The topological polar surface area (TPSA) is 26.7 Å². The van der Waals surface area contributed by atoms with Gasteiger partial charge in [0.2, 0.25) is 0 Å². The zero-order chi connectivity index (χ0) is 10.8. The van der Waals surface area contributed by atoms with E-state index in [1.807, 2.05) is 13.8 Å². The number of nitrogens with zero attached hydrogens (tertiary/aromatic N) is 2. The molecule has 1 heterocycles. The fourth-order valence-corrected chi connectivity index (χ4v) is 1.86. The molecule has 0 aromatic heterocycles. The van der Waals surface area contributed by atoms with Crippen LogP contribution in [0.1, 0.15) is 27.2 Å². The molecule has 1 saturated heterocycles. The van der Waals surface area contributed by atoms with Crippen molar-refractivity contribution in [2.45, 2.75) is 38.8 Å². The second kappa shape index (κ2) is 4.60. The lowest BCUT2D eigenvalue weighted by Gasteiger charge is -2.40. The summed E-state index contributed by atoms with van der Waals surface area (Å²) in [6.45, 7) is 10.3. The van der Waals surface area contributed by atoms with E-state index < -0.39 is 5.60 Å². The van der Waals surface area contributed by atoms with Crippen LogP contribution in [0, 0.1) is 0 Å². The lowest BCUT2D eigenvalue weighted by Crippen LogP contribution is -2.53.